The number of halogens is 1. The van der Waals surface area contributed by atoms with Gasteiger partial charge >= 0.3 is 0 Å². The van der Waals surface area contributed by atoms with Crippen LogP contribution < -0.4 is 10.6 Å². The molecule has 0 aliphatic carbocycles. The van der Waals surface area contributed by atoms with Crippen molar-refractivity contribution in [1.29, 1.82) is 0 Å². The Morgan fingerprint density at radius 2 is 2.11 bits per heavy atom. The first-order valence-corrected chi connectivity index (χ1v) is 7.26. The summed E-state index contributed by atoms with van der Waals surface area (Å²) in [4.78, 5) is 2.38. The van der Waals surface area contributed by atoms with E-state index in [1.165, 1.54) is 19.3 Å². The Morgan fingerprint density at radius 1 is 1.42 bits per heavy atom. The van der Waals surface area contributed by atoms with Crippen molar-refractivity contribution < 1.29 is 4.39 Å². The van der Waals surface area contributed by atoms with Gasteiger partial charge in [0.2, 0.25) is 0 Å². The Morgan fingerprint density at radius 3 is 2.58 bits per heavy atom. The second kappa shape index (κ2) is 5.45. The van der Waals surface area contributed by atoms with Crippen molar-refractivity contribution in [3.63, 3.8) is 0 Å². The molecule has 0 radical (unpaired) electrons. The third kappa shape index (κ3) is 2.73. The Bertz CT molecular complexity index is 483. The number of hydrogen-bond acceptors (Lipinski definition) is 2. The van der Waals surface area contributed by atoms with Crippen LogP contribution in [0.2, 0.25) is 0 Å². The van der Waals surface area contributed by atoms with Crippen LogP contribution in [0.3, 0.4) is 0 Å². The highest BCUT2D eigenvalue weighted by molar-refractivity contribution is 7.80. The molecular weight excluding hydrogens is 259 g/mol. The zero-order valence-electron chi connectivity index (χ0n) is 11.6. The van der Waals surface area contributed by atoms with E-state index in [-0.39, 0.29) is 10.8 Å². The summed E-state index contributed by atoms with van der Waals surface area (Å²) in [5, 5.41) is 0. The Hall–Kier alpha value is -1.16. The van der Waals surface area contributed by atoms with E-state index >= 15 is 0 Å². The first kappa shape index (κ1) is 14.3. The van der Waals surface area contributed by atoms with Crippen LogP contribution in [0.25, 0.3) is 0 Å². The number of hydrogen-bond donors (Lipinski definition) is 1. The van der Waals surface area contributed by atoms with Crippen molar-refractivity contribution >= 4 is 22.9 Å². The molecule has 1 aliphatic heterocycles. The van der Waals surface area contributed by atoms with Gasteiger partial charge in [0.15, 0.2) is 0 Å². The second-order valence-electron chi connectivity index (χ2n) is 5.41. The van der Waals surface area contributed by atoms with Crippen LogP contribution in [0.15, 0.2) is 18.2 Å². The summed E-state index contributed by atoms with van der Waals surface area (Å²) >= 11 is 4.83. The third-order valence-corrected chi connectivity index (χ3v) is 4.74. The van der Waals surface area contributed by atoms with Crippen LogP contribution in [-0.2, 0) is 0 Å². The quantitative estimate of drug-likeness (QED) is 0.856. The zero-order valence-corrected chi connectivity index (χ0v) is 12.4. The maximum atomic E-state index is 13.9. The number of thiocarbonyl (C=S) groups is 1. The second-order valence-corrected chi connectivity index (χ2v) is 5.85. The van der Waals surface area contributed by atoms with Gasteiger partial charge in [-0.15, -0.1) is 0 Å². The average Bonchev–Trinajstić information content (AvgIpc) is 2.83. The number of nitrogens with two attached hydrogens (primary N) is 1. The first-order chi connectivity index (χ1) is 9.01. The van der Waals surface area contributed by atoms with Gasteiger partial charge in [0.25, 0.3) is 0 Å². The van der Waals surface area contributed by atoms with E-state index in [0.29, 0.717) is 11.0 Å². The maximum Gasteiger partial charge on any atom is 0.135 e. The van der Waals surface area contributed by atoms with E-state index in [1.54, 1.807) is 12.1 Å². The lowest BCUT2D eigenvalue weighted by molar-refractivity contribution is 0.301. The fourth-order valence-corrected chi connectivity index (χ4v) is 3.05. The highest BCUT2D eigenvalue weighted by Gasteiger charge is 2.35. The van der Waals surface area contributed by atoms with Crippen LogP contribution in [0.1, 0.15) is 38.7 Å². The topological polar surface area (TPSA) is 29.3 Å². The summed E-state index contributed by atoms with van der Waals surface area (Å²) < 4.78 is 13.9. The summed E-state index contributed by atoms with van der Waals surface area (Å²) in [6.07, 6.45) is 3.53. The van der Waals surface area contributed by atoms with Gasteiger partial charge in [0.05, 0.1) is 0 Å². The molecule has 0 bridgehead atoms. The zero-order chi connectivity index (χ0) is 14.0. The number of rotatable bonds is 4. The molecule has 0 saturated carbocycles. The Labute approximate surface area is 119 Å². The smallest absolute Gasteiger partial charge is 0.135 e. The molecule has 0 amide bonds. The largest absolute Gasteiger partial charge is 0.389 e. The molecule has 1 heterocycles. The molecule has 2 N–H and O–H groups in total. The van der Waals surface area contributed by atoms with Gasteiger partial charge in [-0.2, -0.15) is 0 Å². The van der Waals surface area contributed by atoms with E-state index < -0.39 is 0 Å². The van der Waals surface area contributed by atoms with E-state index in [4.69, 9.17) is 18.0 Å². The van der Waals surface area contributed by atoms with Crippen molar-refractivity contribution in [2.45, 2.75) is 33.1 Å². The molecule has 0 atom stereocenters. The predicted octanol–water partition coefficient (Wildman–Crippen LogP) is 3.48. The highest BCUT2D eigenvalue weighted by atomic mass is 32.1. The lowest BCUT2D eigenvalue weighted by Crippen LogP contribution is -2.26. The van der Waals surface area contributed by atoms with Crippen molar-refractivity contribution in [1.82, 2.24) is 0 Å². The normalized spacial score (nSPS) is 17.7. The van der Waals surface area contributed by atoms with Crippen LogP contribution in [-0.4, -0.2) is 18.1 Å². The van der Waals surface area contributed by atoms with Crippen LogP contribution >= 0.6 is 12.2 Å². The highest BCUT2D eigenvalue weighted by Crippen LogP contribution is 2.39. The van der Waals surface area contributed by atoms with Crippen molar-refractivity contribution in [2.75, 3.05) is 18.0 Å². The fraction of sp³-hybridized carbons (Fsp3) is 0.533. The molecule has 1 fully saturated rings. The SMILES string of the molecule is CCC1(CC)CCN(c2ccc(C(N)=S)c(F)c2)C1. The van der Waals surface area contributed by atoms with Gasteiger partial charge in [0.1, 0.15) is 10.8 Å². The standard InChI is InChI=1S/C15H21FN2S/c1-3-15(4-2)7-8-18(10-15)11-5-6-12(14(17)19)13(16)9-11/h5-6,9H,3-4,7-8,10H2,1-2H3,(H2,17,19). The lowest BCUT2D eigenvalue weighted by atomic mass is 9.82. The molecule has 4 heteroatoms. The Balaban J connectivity index is 2.21. The van der Waals surface area contributed by atoms with Gasteiger partial charge in [-0.1, -0.05) is 26.1 Å². The molecule has 1 saturated heterocycles. The molecule has 1 aliphatic rings. The molecule has 19 heavy (non-hydrogen) atoms. The Kier molecular flexibility index (Phi) is 4.09. The van der Waals surface area contributed by atoms with Gasteiger partial charge in [-0.05, 0) is 42.9 Å². The minimum absolute atomic E-state index is 0.113. The first-order valence-electron chi connectivity index (χ1n) is 6.85. The monoisotopic (exact) mass is 280 g/mol. The summed E-state index contributed by atoms with van der Waals surface area (Å²) in [6, 6.07) is 5.15. The minimum atomic E-state index is -0.324. The van der Waals surface area contributed by atoms with Crippen molar-refractivity contribution in [2.24, 2.45) is 11.1 Å². The summed E-state index contributed by atoms with van der Waals surface area (Å²) in [5.74, 6) is -0.324. The molecule has 0 spiro atoms. The molecule has 0 aromatic heterocycles. The summed E-state index contributed by atoms with van der Waals surface area (Å²) in [6.45, 7) is 6.48. The lowest BCUT2D eigenvalue weighted by Gasteiger charge is -2.27. The molecule has 2 nitrogen and oxygen atoms in total. The number of anilines is 1. The van der Waals surface area contributed by atoms with E-state index in [1.807, 2.05) is 6.07 Å². The van der Waals surface area contributed by atoms with E-state index in [9.17, 15) is 4.39 Å². The van der Waals surface area contributed by atoms with Gasteiger partial charge < -0.3 is 10.6 Å². The maximum absolute atomic E-state index is 13.9. The van der Waals surface area contributed by atoms with Gasteiger partial charge in [-0.3, -0.25) is 0 Å². The van der Waals surface area contributed by atoms with Crippen molar-refractivity contribution in [3.05, 3.63) is 29.6 Å². The number of nitrogens with zero attached hydrogens (tertiary/aromatic N) is 1. The number of benzene rings is 1. The molecule has 1 aromatic carbocycles. The van der Waals surface area contributed by atoms with Gasteiger partial charge in [0, 0.05) is 24.3 Å². The minimum Gasteiger partial charge on any atom is -0.389 e. The van der Waals surface area contributed by atoms with Crippen molar-refractivity contribution in [3.8, 4) is 0 Å². The summed E-state index contributed by atoms with van der Waals surface area (Å²) in [5.41, 5.74) is 7.13. The average molecular weight is 280 g/mol. The molecule has 1 aromatic rings. The van der Waals surface area contributed by atoms with Crippen LogP contribution in [0.5, 0.6) is 0 Å². The summed E-state index contributed by atoms with van der Waals surface area (Å²) in [7, 11) is 0. The molecular formula is C15H21FN2S. The van der Waals surface area contributed by atoms with E-state index in [2.05, 4.69) is 18.7 Å². The fourth-order valence-electron chi connectivity index (χ4n) is 2.88. The third-order valence-electron chi connectivity index (χ3n) is 4.52. The molecule has 104 valence electrons. The predicted molar refractivity (Wildman–Crippen MR) is 82.1 cm³/mol. The molecule has 2 rings (SSSR count). The van der Waals surface area contributed by atoms with Crippen LogP contribution in [0, 0.1) is 11.2 Å². The van der Waals surface area contributed by atoms with E-state index in [0.717, 1.165) is 18.8 Å². The molecule has 0 unspecified atom stereocenters. The van der Waals surface area contributed by atoms with Crippen LogP contribution in [0.4, 0.5) is 10.1 Å². The van der Waals surface area contributed by atoms with Gasteiger partial charge in [-0.25, -0.2) is 4.39 Å².